The zero-order valence-corrected chi connectivity index (χ0v) is 10.3. The van der Waals surface area contributed by atoms with Crippen molar-refractivity contribution in [1.82, 2.24) is 0 Å². The number of aromatic hydroxyl groups is 1. The van der Waals surface area contributed by atoms with E-state index in [9.17, 15) is 5.11 Å². The Bertz CT molecular complexity index is 366. The van der Waals surface area contributed by atoms with Crippen molar-refractivity contribution in [3.63, 3.8) is 0 Å². The molecule has 16 heavy (non-hydrogen) atoms. The van der Waals surface area contributed by atoms with Crippen LogP contribution >= 0.6 is 11.6 Å². The normalized spacial score (nSPS) is 13.1. The number of aliphatic hydroxyl groups is 1. The lowest BCUT2D eigenvalue weighted by Crippen LogP contribution is -2.13. The summed E-state index contributed by atoms with van der Waals surface area (Å²) in [4.78, 5) is 0. The highest BCUT2D eigenvalue weighted by Gasteiger charge is 2.16. The molecule has 0 aliphatic carbocycles. The zero-order valence-electron chi connectivity index (χ0n) is 9.57. The van der Waals surface area contributed by atoms with Crippen LogP contribution in [0, 0.1) is 0 Å². The molecule has 1 rings (SSSR count). The van der Waals surface area contributed by atoms with Gasteiger partial charge >= 0.3 is 0 Å². The van der Waals surface area contributed by atoms with Gasteiger partial charge in [-0.25, -0.2) is 0 Å². The van der Waals surface area contributed by atoms with Crippen molar-refractivity contribution < 1.29 is 10.2 Å². The van der Waals surface area contributed by atoms with Crippen LogP contribution in [0.5, 0.6) is 5.75 Å². The summed E-state index contributed by atoms with van der Waals surface area (Å²) >= 11 is 5.98. The Balaban J connectivity index is 3.18. The van der Waals surface area contributed by atoms with Gasteiger partial charge in [-0.2, -0.15) is 0 Å². The van der Waals surface area contributed by atoms with E-state index in [1.54, 1.807) is 12.1 Å². The third-order valence-corrected chi connectivity index (χ3v) is 2.81. The first-order chi connectivity index (χ1) is 7.47. The maximum absolute atomic E-state index is 10.1. The Morgan fingerprint density at radius 1 is 1.31 bits per heavy atom. The molecular weight excluding hydrogens is 226 g/mol. The van der Waals surface area contributed by atoms with Crippen molar-refractivity contribution in [2.24, 2.45) is 5.73 Å². The maximum Gasteiger partial charge on any atom is 0.123 e. The molecule has 0 aliphatic heterocycles. The molecule has 1 unspecified atom stereocenters. The Kier molecular flexibility index (Phi) is 4.59. The van der Waals surface area contributed by atoms with Gasteiger partial charge in [0.1, 0.15) is 5.75 Å². The number of hydrogen-bond donors (Lipinski definition) is 3. The van der Waals surface area contributed by atoms with Gasteiger partial charge in [-0.3, -0.25) is 0 Å². The molecular formula is C12H18ClNO2. The largest absolute Gasteiger partial charge is 0.507 e. The monoisotopic (exact) mass is 243 g/mol. The van der Waals surface area contributed by atoms with E-state index < -0.39 is 0 Å². The van der Waals surface area contributed by atoms with E-state index in [2.05, 4.69) is 0 Å². The first-order valence-electron chi connectivity index (χ1n) is 5.36. The minimum absolute atomic E-state index is 0.00979. The highest BCUT2D eigenvalue weighted by Crippen LogP contribution is 2.35. The van der Waals surface area contributed by atoms with Gasteiger partial charge in [0.25, 0.3) is 0 Å². The van der Waals surface area contributed by atoms with E-state index in [1.165, 1.54) is 0 Å². The van der Waals surface area contributed by atoms with Crippen LogP contribution in [-0.2, 0) is 0 Å². The zero-order chi connectivity index (χ0) is 12.3. The summed E-state index contributed by atoms with van der Waals surface area (Å²) in [6.45, 7) is 3.95. The average molecular weight is 244 g/mol. The molecule has 0 heterocycles. The fraction of sp³-hybridized carbons (Fsp3) is 0.500. The van der Waals surface area contributed by atoms with Gasteiger partial charge < -0.3 is 15.9 Å². The molecule has 0 spiro atoms. The summed E-state index contributed by atoms with van der Waals surface area (Å²) in [6.07, 6.45) is 0.408. The molecule has 0 aliphatic rings. The van der Waals surface area contributed by atoms with Gasteiger partial charge in [0.05, 0.1) is 0 Å². The first-order valence-corrected chi connectivity index (χ1v) is 5.74. The summed E-state index contributed by atoms with van der Waals surface area (Å²) in [5.74, 6) is 0.374. The smallest absolute Gasteiger partial charge is 0.123 e. The van der Waals surface area contributed by atoms with Crippen molar-refractivity contribution in [1.29, 1.82) is 0 Å². The van der Waals surface area contributed by atoms with Crippen LogP contribution in [0.15, 0.2) is 12.1 Å². The molecule has 0 saturated heterocycles. The summed E-state index contributed by atoms with van der Waals surface area (Å²) < 4.78 is 0. The summed E-state index contributed by atoms with van der Waals surface area (Å²) in [7, 11) is 0. The van der Waals surface area contributed by atoms with Crippen molar-refractivity contribution in [3.05, 3.63) is 28.3 Å². The standard InChI is InChI=1S/C12H18ClNO2/c1-7(2)9-5-8(13)6-10(12(9)16)11(14)3-4-15/h5-7,11,15-16H,3-4,14H2,1-2H3. The highest BCUT2D eigenvalue weighted by atomic mass is 35.5. The van der Waals surface area contributed by atoms with Crippen LogP contribution < -0.4 is 5.73 Å². The van der Waals surface area contributed by atoms with Crippen molar-refractivity contribution in [2.45, 2.75) is 32.2 Å². The fourth-order valence-corrected chi connectivity index (χ4v) is 1.89. The molecule has 1 aromatic carbocycles. The second kappa shape index (κ2) is 5.53. The number of phenolic OH excluding ortho intramolecular Hbond substituents is 1. The lowest BCUT2D eigenvalue weighted by atomic mass is 9.95. The lowest BCUT2D eigenvalue weighted by Gasteiger charge is -2.17. The molecule has 0 fully saturated rings. The third kappa shape index (κ3) is 2.88. The molecule has 3 nitrogen and oxygen atoms in total. The van der Waals surface area contributed by atoms with E-state index in [0.717, 1.165) is 5.56 Å². The number of halogens is 1. The SMILES string of the molecule is CC(C)c1cc(Cl)cc(C(N)CCO)c1O. The van der Waals surface area contributed by atoms with Gasteiger partial charge in [-0.05, 0) is 30.0 Å². The average Bonchev–Trinajstić information content (AvgIpc) is 2.20. The Hall–Kier alpha value is -0.770. The van der Waals surface area contributed by atoms with Crippen LogP contribution in [0.2, 0.25) is 5.02 Å². The Morgan fingerprint density at radius 3 is 2.38 bits per heavy atom. The van der Waals surface area contributed by atoms with Crippen LogP contribution in [-0.4, -0.2) is 16.8 Å². The summed E-state index contributed by atoms with van der Waals surface area (Å²) in [5, 5.41) is 19.5. The molecule has 1 aromatic rings. The van der Waals surface area contributed by atoms with Gasteiger partial charge in [0, 0.05) is 23.2 Å². The molecule has 4 N–H and O–H groups in total. The van der Waals surface area contributed by atoms with Gasteiger partial charge in [-0.15, -0.1) is 0 Å². The lowest BCUT2D eigenvalue weighted by molar-refractivity contribution is 0.275. The van der Waals surface area contributed by atoms with Crippen molar-refractivity contribution in [2.75, 3.05) is 6.61 Å². The number of aliphatic hydroxyl groups excluding tert-OH is 1. The molecule has 4 heteroatoms. The molecule has 0 amide bonds. The number of nitrogens with two attached hydrogens (primary N) is 1. The first kappa shape index (κ1) is 13.3. The van der Waals surface area contributed by atoms with Gasteiger partial charge in [-0.1, -0.05) is 25.4 Å². The van der Waals surface area contributed by atoms with E-state index >= 15 is 0 Å². The third-order valence-electron chi connectivity index (χ3n) is 2.60. The van der Waals surface area contributed by atoms with E-state index in [-0.39, 0.29) is 24.3 Å². The number of hydrogen-bond acceptors (Lipinski definition) is 3. The van der Waals surface area contributed by atoms with Gasteiger partial charge in [0.2, 0.25) is 0 Å². The highest BCUT2D eigenvalue weighted by molar-refractivity contribution is 6.30. The van der Waals surface area contributed by atoms with Crippen LogP contribution in [0.25, 0.3) is 0 Å². The number of phenols is 1. The number of benzene rings is 1. The molecule has 0 aromatic heterocycles. The summed E-state index contributed by atoms with van der Waals surface area (Å²) in [5.41, 5.74) is 7.26. The predicted molar refractivity (Wildman–Crippen MR) is 65.8 cm³/mol. The topological polar surface area (TPSA) is 66.5 Å². The quantitative estimate of drug-likeness (QED) is 0.761. The van der Waals surface area contributed by atoms with Crippen LogP contribution in [0.1, 0.15) is 43.4 Å². The second-order valence-electron chi connectivity index (χ2n) is 4.21. The minimum atomic E-state index is -0.388. The minimum Gasteiger partial charge on any atom is -0.507 e. The Labute approximate surface area is 101 Å². The van der Waals surface area contributed by atoms with Crippen LogP contribution in [0.3, 0.4) is 0 Å². The molecule has 0 saturated carbocycles. The van der Waals surface area contributed by atoms with Crippen LogP contribution in [0.4, 0.5) is 0 Å². The second-order valence-corrected chi connectivity index (χ2v) is 4.64. The van der Waals surface area contributed by atoms with E-state index in [0.29, 0.717) is 17.0 Å². The number of rotatable bonds is 4. The van der Waals surface area contributed by atoms with E-state index in [1.807, 2.05) is 13.8 Å². The van der Waals surface area contributed by atoms with Crippen molar-refractivity contribution >= 4 is 11.6 Å². The summed E-state index contributed by atoms with van der Waals surface area (Å²) in [6, 6.07) is 3.01. The van der Waals surface area contributed by atoms with Crippen molar-refractivity contribution in [3.8, 4) is 5.75 Å². The fourth-order valence-electron chi connectivity index (χ4n) is 1.66. The molecule has 0 radical (unpaired) electrons. The predicted octanol–water partition coefficient (Wildman–Crippen LogP) is 2.55. The van der Waals surface area contributed by atoms with Gasteiger partial charge in [0.15, 0.2) is 0 Å². The Morgan fingerprint density at radius 2 is 1.88 bits per heavy atom. The molecule has 1 atom stereocenters. The molecule has 0 bridgehead atoms. The van der Waals surface area contributed by atoms with E-state index in [4.69, 9.17) is 22.4 Å². The maximum atomic E-state index is 10.1. The molecule has 90 valence electrons.